The van der Waals surface area contributed by atoms with Gasteiger partial charge in [-0.15, -0.1) is 0 Å². The molecule has 1 atom stereocenters. The first-order chi connectivity index (χ1) is 18.0. The molecule has 0 spiro atoms. The smallest absolute Gasteiger partial charge is 0.348 e. The second-order valence-electron chi connectivity index (χ2n) is 10.3. The summed E-state index contributed by atoms with van der Waals surface area (Å²) in [5.74, 6) is 1.40. The number of hydrogen-bond acceptors (Lipinski definition) is 5. The molecular formula is C31H36BrNO5. The van der Waals surface area contributed by atoms with E-state index in [9.17, 15) is 9.90 Å². The van der Waals surface area contributed by atoms with Gasteiger partial charge >= 0.3 is 5.97 Å². The molecule has 0 aliphatic carbocycles. The van der Waals surface area contributed by atoms with Crippen molar-refractivity contribution in [2.24, 2.45) is 5.92 Å². The lowest BCUT2D eigenvalue weighted by atomic mass is 9.82. The molecule has 3 aromatic carbocycles. The Labute approximate surface area is 235 Å². The zero-order valence-electron chi connectivity index (χ0n) is 21.8. The number of benzene rings is 3. The molecule has 3 saturated heterocycles. The summed E-state index contributed by atoms with van der Waals surface area (Å²) < 4.78 is 18.3. The number of nitrogens with zero attached hydrogens (tertiary/aromatic N) is 1. The summed E-state index contributed by atoms with van der Waals surface area (Å²) >= 11 is 0. The summed E-state index contributed by atoms with van der Waals surface area (Å²) in [5, 5.41) is 11.8. The molecule has 1 N–H and O–H groups in total. The van der Waals surface area contributed by atoms with Crippen molar-refractivity contribution < 1.29 is 45.6 Å². The van der Waals surface area contributed by atoms with Crippen molar-refractivity contribution in [1.29, 1.82) is 0 Å². The molecule has 0 saturated carbocycles. The predicted molar refractivity (Wildman–Crippen MR) is 141 cm³/mol. The van der Waals surface area contributed by atoms with Gasteiger partial charge in [-0.25, -0.2) is 4.79 Å². The summed E-state index contributed by atoms with van der Waals surface area (Å²) in [7, 11) is 1.65. The maximum Gasteiger partial charge on any atom is 0.348 e. The Morgan fingerprint density at radius 3 is 2.00 bits per heavy atom. The average Bonchev–Trinajstić information content (AvgIpc) is 2.96. The lowest BCUT2D eigenvalue weighted by molar-refractivity contribution is -0.946. The topological polar surface area (TPSA) is 65.0 Å². The molecule has 202 valence electrons. The summed E-state index contributed by atoms with van der Waals surface area (Å²) in [5.41, 5.74) is -0.801. The van der Waals surface area contributed by atoms with Crippen molar-refractivity contribution in [2.75, 3.05) is 39.9 Å². The SMILES string of the molecule is COc1ccc(OCCC[N+]23CCC(CC2)C(OC(=O)C(O)(c2ccccc2)c2ccccc2)C3)cc1.[Br-]. The number of hydrogen-bond donors (Lipinski definition) is 1. The minimum absolute atomic E-state index is 0. The van der Waals surface area contributed by atoms with Gasteiger partial charge in [0.05, 0.1) is 33.4 Å². The van der Waals surface area contributed by atoms with Crippen LogP contribution in [0.5, 0.6) is 11.5 Å². The Morgan fingerprint density at radius 2 is 1.45 bits per heavy atom. The second kappa shape index (κ2) is 12.3. The summed E-state index contributed by atoms with van der Waals surface area (Å²) in [6.07, 6.45) is 2.80. The van der Waals surface area contributed by atoms with Gasteiger partial charge in [-0.3, -0.25) is 0 Å². The van der Waals surface area contributed by atoms with Crippen LogP contribution in [-0.2, 0) is 15.1 Å². The number of fused-ring (bicyclic) bond motifs is 3. The Hall–Kier alpha value is -2.87. The molecule has 0 amide bonds. The van der Waals surface area contributed by atoms with Crippen LogP contribution in [-0.4, -0.2) is 61.6 Å². The van der Waals surface area contributed by atoms with E-state index in [1.807, 2.05) is 60.7 Å². The quantitative estimate of drug-likeness (QED) is 0.224. The molecule has 6 rings (SSSR count). The van der Waals surface area contributed by atoms with E-state index in [0.717, 1.165) is 61.4 Å². The fraction of sp³-hybridized carbons (Fsp3) is 0.387. The monoisotopic (exact) mass is 581 g/mol. The largest absolute Gasteiger partial charge is 1.00 e. The maximum absolute atomic E-state index is 13.7. The maximum atomic E-state index is 13.7. The Bertz CT molecular complexity index is 1120. The molecule has 3 aliphatic rings. The molecule has 0 radical (unpaired) electrons. The van der Waals surface area contributed by atoms with Crippen molar-refractivity contribution in [1.82, 2.24) is 0 Å². The fourth-order valence-corrected chi connectivity index (χ4v) is 5.91. The van der Waals surface area contributed by atoms with Crippen LogP contribution < -0.4 is 26.5 Å². The van der Waals surface area contributed by atoms with Crippen LogP contribution in [0.4, 0.5) is 0 Å². The molecule has 2 bridgehead atoms. The molecule has 0 aromatic heterocycles. The van der Waals surface area contributed by atoms with Gasteiger partial charge in [0.25, 0.3) is 0 Å². The molecule has 3 fully saturated rings. The summed E-state index contributed by atoms with van der Waals surface area (Å²) in [4.78, 5) is 13.7. The first kappa shape index (κ1) is 28.1. The van der Waals surface area contributed by atoms with E-state index in [4.69, 9.17) is 14.2 Å². The van der Waals surface area contributed by atoms with Gasteiger partial charge in [-0.1, -0.05) is 60.7 Å². The van der Waals surface area contributed by atoms with E-state index in [1.54, 1.807) is 31.4 Å². The van der Waals surface area contributed by atoms with Gasteiger partial charge < -0.3 is 40.8 Å². The standard InChI is InChI=1S/C31H36NO5.BrH/c1-35-27-13-15-28(16-14-27)36-22-8-19-32-20-17-24(18-21-32)29(23-32)37-30(33)31(34,25-9-4-2-5-10-25)26-11-6-3-7-12-26;/h2-7,9-16,24,29,34H,8,17-23H2,1H3;1H/q+1;/p-1. The highest BCUT2D eigenvalue weighted by molar-refractivity contribution is 5.85. The number of carbonyl (C=O) groups is 1. The number of carbonyl (C=O) groups excluding carboxylic acids is 1. The predicted octanol–water partition coefficient (Wildman–Crippen LogP) is 1.56. The molecule has 3 heterocycles. The van der Waals surface area contributed by atoms with E-state index in [1.165, 1.54) is 0 Å². The van der Waals surface area contributed by atoms with Crippen molar-refractivity contribution >= 4 is 5.97 Å². The Kier molecular flexibility index (Phi) is 9.13. The molecule has 1 unspecified atom stereocenters. The molecular weight excluding hydrogens is 546 g/mol. The molecule has 7 heteroatoms. The zero-order valence-corrected chi connectivity index (χ0v) is 23.4. The normalized spacial score (nSPS) is 22.3. The van der Waals surface area contributed by atoms with Crippen LogP contribution in [0.25, 0.3) is 0 Å². The second-order valence-corrected chi connectivity index (χ2v) is 10.3. The Balaban J connectivity index is 0.00000336. The van der Waals surface area contributed by atoms with Gasteiger partial charge in [0.1, 0.15) is 18.0 Å². The van der Waals surface area contributed by atoms with Crippen LogP contribution in [0.15, 0.2) is 84.9 Å². The van der Waals surface area contributed by atoms with Gasteiger partial charge in [0, 0.05) is 25.2 Å². The molecule has 3 aromatic rings. The number of rotatable bonds is 10. The van der Waals surface area contributed by atoms with Crippen LogP contribution in [0.3, 0.4) is 0 Å². The lowest BCUT2D eigenvalue weighted by Gasteiger charge is -2.52. The van der Waals surface area contributed by atoms with Gasteiger partial charge in [0.2, 0.25) is 5.60 Å². The van der Waals surface area contributed by atoms with Crippen LogP contribution in [0.1, 0.15) is 30.4 Å². The third kappa shape index (κ3) is 5.90. The highest BCUT2D eigenvalue weighted by Gasteiger charge is 2.50. The first-order valence-electron chi connectivity index (χ1n) is 13.2. The summed E-state index contributed by atoms with van der Waals surface area (Å²) in [6, 6.07) is 25.8. The zero-order chi connectivity index (χ0) is 25.7. The highest BCUT2D eigenvalue weighted by atomic mass is 79.9. The van der Waals surface area contributed by atoms with Gasteiger partial charge in [0.15, 0.2) is 6.10 Å². The minimum Gasteiger partial charge on any atom is -1.00 e. The van der Waals surface area contributed by atoms with Gasteiger partial charge in [-0.2, -0.15) is 0 Å². The van der Waals surface area contributed by atoms with Crippen molar-refractivity contribution in [3.8, 4) is 11.5 Å². The highest BCUT2D eigenvalue weighted by Crippen LogP contribution is 2.38. The summed E-state index contributed by atoms with van der Waals surface area (Å²) in [6.45, 7) is 4.62. The van der Waals surface area contributed by atoms with Crippen molar-refractivity contribution in [2.45, 2.75) is 31.0 Å². The number of halogens is 1. The first-order valence-corrected chi connectivity index (χ1v) is 13.2. The Morgan fingerprint density at radius 1 is 0.895 bits per heavy atom. The number of piperidine rings is 3. The van der Waals surface area contributed by atoms with E-state index in [-0.39, 0.29) is 23.1 Å². The third-order valence-corrected chi connectivity index (χ3v) is 8.08. The average molecular weight is 583 g/mol. The van der Waals surface area contributed by atoms with Gasteiger partial charge in [-0.05, 0) is 35.4 Å². The minimum atomic E-state index is -1.84. The van der Waals surface area contributed by atoms with Crippen LogP contribution in [0, 0.1) is 5.92 Å². The molecule has 3 aliphatic heterocycles. The van der Waals surface area contributed by atoms with Crippen LogP contribution in [0.2, 0.25) is 0 Å². The van der Waals surface area contributed by atoms with Crippen molar-refractivity contribution in [3.63, 3.8) is 0 Å². The van der Waals surface area contributed by atoms with Crippen molar-refractivity contribution in [3.05, 3.63) is 96.1 Å². The van der Waals surface area contributed by atoms with E-state index >= 15 is 0 Å². The van der Waals surface area contributed by atoms with Crippen LogP contribution >= 0.6 is 0 Å². The van der Waals surface area contributed by atoms with E-state index in [0.29, 0.717) is 23.7 Å². The number of aliphatic hydroxyl groups is 1. The molecule has 38 heavy (non-hydrogen) atoms. The fourth-order valence-electron chi connectivity index (χ4n) is 5.91. The number of quaternary nitrogens is 1. The number of ether oxygens (including phenoxy) is 3. The number of esters is 1. The van der Waals surface area contributed by atoms with E-state index < -0.39 is 11.6 Å². The number of methoxy groups -OCH3 is 1. The van der Waals surface area contributed by atoms with E-state index in [2.05, 4.69) is 0 Å². The lowest BCUT2D eigenvalue weighted by Crippen LogP contribution is -3.00. The third-order valence-electron chi connectivity index (χ3n) is 8.08. The molecule has 6 nitrogen and oxygen atoms in total.